The lowest BCUT2D eigenvalue weighted by atomic mass is 9.88. The SMILES string of the molecule is CCNC(=O)COC(c1cccc(Cl)c1)C1CCCN(C(=O)NC(CNC)CC2CCCCOC2)C1. The molecule has 0 radical (unpaired) electrons. The number of urea groups is 1. The number of ether oxygens (including phenoxy) is 2. The number of nitrogens with one attached hydrogen (secondary N) is 3. The lowest BCUT2D eigenvalue weighted by Crippen LogP contribution is -2.52. The average molecular weight is 523 g/mol. The smallest absolute Gasteiger partial charge is 0.317 e. The zero-order valence-electron chi connectivity index (χ0n) is 21.8. The van der Waals surface area contributed by atoms with E-state index >= 15 is 0 Å². The van der Waals surface area contributed by atoms with Crippen molar-refractivity contribution in [2.24, 2.45) is 11.8 Å². The van der Waals surface area contributed by atoms with Crippen LogP contribution in [-0.2, 0) is 14.3 Å². The third kappa shape index (κ3) is 9.21. The molecule has 0 bridgehead atoms. The molecule has 3 rings (SSSR count). The van der Waals surface area contributed by atoms with Crippen molar-refractivity contribution in [3.05, 3.63) is 34.9 Å². The Balaban J connectivity index is 1.64. The van der Waals surface area contributed by atoms with E-state index in [1.165, 1.54) is 6.42 Å². The largest absolute Gasteiger partial charge is 0.381 e. The molecule has 0 aromatic heterocycles. The molecule has 2 aliphatic heterocycles. The molecule has 202 valence electrons. The van der Waals surface area contributed by atoms with Gasteiger partial charge in [0.25, 0.3) is 0 Å². The number of likely N-dealkylation sites (tertiary alicyclic amines) is 1. The second kappa shape index (κ2) is 15.4. The maximum Gasteiger partial charge on any atom is 0.317 e. The molecule has 0 spiro atoms. The van der Waals surface area contributed by atoms with Crippen LogP contribution < -0.4 is 16.0 Å². The number of amides is 3. The summed E-state index contributed by atoms with van der Waals surface area (Å²) in [6.45, 7) is 6.02. The van der Waals surface area contributed by atoms with E-state index in [0.717, 1.165) is 57.4 Å². The summed E-state index contributed by atoms with van der Waals surface area (Å²) in [5.41, 5.74) is 0.931. The predicted octanol–water partition coefficient (Wildman–Crippen LogP) is 3.75. The Morgan fingerprint density at radius 3 is 2.89 bits per heavy atom. The van der Waals surface area contributed by atoms with Crippen molar-refractivity contribution in [1.29, 1.82) is 0 Å². The van der Waals surface area contributed by atoms with Crippen molar-refractivity contribution in [2.75, 3.05) is 53.0 Å². The summed E-state index contributed by atoms with van der Waals surface area (Å²) in [7, 11) is 1.92. The van der Waals surface area contributed by atoms with E-state index in [1.807, 2.05) is 43.1 Å². The first-order chi connectivity index (χ1) is 17.5. The maximum atomic E-state index is 13.3. The summed E-state index contributed by atoms with van der Waals surface area (Å²) in [5, 5.41) is 9.91. The van der Waals surface area contributed by atoms with Crippen molar-refractivity contribution < 1.29 is 19.1 Å². The van der Waals surface area contributed by atoms with E-state index in [0.29, 0.717) is 30.6 Å². The average Bonchev–Trinajstić information content (AvgIpc) is 3.13. The van der Waals surface area contributed by atoms with Crippen molar-refractivity contribution in [3.8, 4) is 0 Å². The topological polar surface area (TPSA) is 91.9 Å². The summed E-state index contributed by atoms with van der Waals surface area (Å²) in [4.78, 5) is 27.3. The van der Waals surface area contributed by atoms with E-state index in [4.69, 9.17) is 21.1 Å². The van der Waals surface area contributed by atoms with Crippen molar-refractivity contribution in [1.82, 2.24) is 20.9 Å². The van der Waals surface area contributed by atoms with Gasteiger partial charge in [0, 0.05) is 56.4 Å². The molecule has 1 aromatic rings. The molecule has 8 nitrogen and oxygen atoms in total. The molecule has 2 fully saturated rings. The van der Waals surface area contributed by atoms with Crippen LogP contribution >= 0.6 is 11.6 Å². The third-order valence-corrected chi connectivity index (χ3v) is 7.25. The number of hydrogen-bond acceptors (Lipinski definition) is 5. The summed E-state index contributed by atoms with van der Waals surface area (Å²) < 4.78 is 11.9. The standard InChI is InChI=1S/C27H43ClN4O4/c1-3-30-25(33)19-36-26(21-9-6-11-23(28)15-21)22-10-7-12-32(17-22)27(34)31-24(16-29-2)14-20-8-4-5-13-35-18-20/h6,9,11,15,20,22,24,26,29H,3-5,7-8,10,12-14,16-19H2,1-2H3,(H,30,33)(H,31,34). The number of hydrogen-bond donors (Lipinski definition) is 3. The highest BCUT2D eigenvalue weighted by molar-refractivity contribution is 6.30. The Hall–Kier alpha value is -1.87. The predicted molar refractivity (Wildman–Crippen MR) is 142 cm³/mol. The maximum absolute atomic E-state index is 13.3. The first kappa shape index (κ1) is 28.7. The van der Waals surface area contributed by atoms with Gasteiger partial charge in [0.1, 0.15) is 6.61 Å². The summed E-state index contributed by atoms with van der Waals surface area (Å²) >= 11 is 6.27. The van der Waals surface area contributed by atoms with Gasteiger partial charge in [-0.25, -0.2) is 4.79 Å². The third-order valence-electron chi connectivity index (χ3n) is 7.02. The fraction of sp³-hybridized carbons (Fsp3) is 0.704. The second-order valence-electron chi connectivity index (χ2n) is 9.96. The Morgan fingerprint density at radius 2 is 2.11 bits per heavy atom. The quantitative estimate of drug-likeness (QED) is 0.411. The minimum Gasteiger partial charge on any atom is -0.381 e. The molecular weight excluding hydrogens is 480 g/mol. The van der Waals surface area contributed by atoms with Crippen molar-refractivity contribution >= 4 is 23.5 Å². The van der Waals surface area contributed by atoms with Crippen LogP contribution in [0.3, 0.4) is 0 Å². The summed E-state index contributed by atoms with van der Waals surface area (Å²) in [6.07, 6.45) is 5.82. The Labute approximate surface area is 220 Å². The highest BCUT2D eigenvalue weighted by atomic mass is 35.5. The molecule has 2 aliphatic rings. The van der Waals surface area contributed by atoms with Gasteiger partial charge in [-0.05, 0) is 69.7 Å². The normalized spacial score (nSPS) is 22.4. The summed E-state index contributed by atoms with van der Waals surface area (Å²) in [6, 6.07) is 7.60. The molecule has 1 aromatic carbocycles. The summed E-state index contributed by atoms with van der Waals surface area (Å²) in [5.74, 6) is 0.387. The van der Waals surface area contributed by atoms with E-state index in [2.05, 4.69) is 16.0 Å². The number of rotatable bonds is 11. The molecule has 0 aliphatic carbocycles. The molecular formula is C27H43ClN4O4. The number of nitrogens with zero attached hydrogens (tertiary/aromatic N) is 1. The minimum absolute atomic E-state index is 0.0264. The van der Waals surface area contributed by atoms with Gasteiger partial charge in [-0.3, -0.25) is 4.79 Å². The second-order valence-corrected chi connectivity index (χ2v) is 10.4. The van der Waals surface area contributed by atoms with Gasteiger partial charge in [-0.2, -0.15) is 0 Å². The van der Waals surface area contributed by atoms with Crippen LogP contribution in [0.5, 0.6) is 0 Å². The highest BCUT2D eigenvalue weighted by Gasteiger charge is 2.32. The number of likely N-dealkylation sites (N-methyl/N-ethyl adjacent to an activating group) is 2. The van der Waals surface area contributed by atoms with Gasteiger partial charge in [-0.15, -0.1) is 0 Å². The van der Waals surface area contributed by atoms with E-state index in [-0.39, 0.29) is 36.6 Å². The first-order valence-electron chi connectivity index (χ1n) is 13.4. The molecule has 0 saturated carbocycles. The van der Waals surface area contributed by atoms with Gasteiger partial charge >= 0.3 is 6.03 Å². The lowest BCUT2D eigenvalue weighted by Gasteiger charge is -2.38. The lowest BCUT2D eigenvalue weighted by molar-refractivity contribution is -0.129. The van der Waals surface area contributed by atoms with Crippen LogP contribution in [0.1, 0.15) is 57.1 Å². The zero-order valence-corrected chi connectivity index (χ0v) is 22.5. The fourth-order valence-corrected chi connectivity index (χ4v) is 5.51. The van der Waals surface area contributed by atoms with Gasteiger partial charge in [0.05, 0.1) is 6.10 Å². The Kier molecular flexibility index (Phi) is 12.3. The van der Waals surface area contributed by atoms with E-state index in [9.17, 15) is 9.59 Å². The van der Waals surface area contributed by atoms with E-state index in [1.54, 1.807) is 0 Å². The van der Waals surface area contributed by atoms with Crippen LogP contribution in [0.2, 0.25) is 5.02 Å². The van der Waals surface area contributed by atoms with Gasteiger partial charge in [0.15, 0.2) is 0 Å². The number of carbonyl (C=O) groups is 2. The highest BCUT2D eigenvalue weighted by Crippen LogP contribution is 2.34. The number of piperidine rings is 1. The number of carbonyl (C=O) groups excluding carboxylic acids is 2. The number of halogens is 1. The van der Waals surface area contributed by atoms with Crippen LogP contribution in [0.4, 0.5) is 4.79 Å². The first-order valence-corrected chi connectivity index (χ1v) is 13.8. The van der Waals surface area contributed by atoms with Crippen LogP contribution in [-0.4, -0.2) is 75.9 Å². The molecule has 2 heterocycles. The van der Waals surface area contributed by atoms with Crippen LogP contribution in [0.15, 0.2) is 24.3 Å². The van der Waals surface area contributed by atoms with E-state index < -0.39 is 0 Å². The molecule has 3 amide bonds. The van der Waals surface area contributed by atoms with Crippen LogP contribution in [0, 0.1) is 11.8 Å². The molecule has 4 atom stereocenters. The van der Waals surface area contributed by atoms with Crippen molar-refractivity contribution in [2.45, 2.75) is 57.6 Å². The van der Waals surface area contributed by atoms with Gasteiger partial charge in [0.2, 0.25) is 5.91 Å². The molecule has 9 heteroatoms. The number of benzene rings is 1. The fourth-order valence-electron chi connectivity index (χ4n) is 5.31. The van der Waals surface area contributed by atoms with Crippen LogP contribution in [0.25, 0.3) is 0 Å². The molecule has 2 saturated heterocycles. The minimum atomic E-state index is -0.321. The molecule has 4 unspecified atom stereocenters. The monoisotopic (exact) mass is 522 g/mol. The Bertz CT molecular complexity index is 819. The molecule has 3 N–H and O–H groups in total. The Morgan fingerprint density at radius 1 is 1.25 bits per heavy atom. The van der Waals surface area contributed by atoms with Gasteiger partial charge < -0.3 is 30.3 Å². The zero-order chi connectivity index (χ0) is 25.8. The molecule has 36 heavy (non-hydrogen) atoms. The van der Waals surface area contributed by atoms with Gasteiger partial charge in [-0.1, -0.05) is 30.2 Å². The van der Waals surface area contributed by atoms with Crippen molar-refractivity contribution in [3.63, 3.8) is 0 Å².